The predicted octanol–water partition coefficient (Wildman–Crippen LogP) is 2.66. The summed E-state index contributed by atoms with van der Waals surface area (Å²) in [6, 6.07) is 13.5. The molecule has 90 valence electrons. The average molecular weight is 238 g/mol. The van der Waals surface area contributed by atoms with Gasteiger partial charge >= 0.3 is 0 Å². The Kier molecular flexibility index (Phi) is 3.86. The van der Waals surface area contributed by atoms with Crippen molar-refractivity contribution in [2.24, 2.45) is 0 Å². The van der Waals surface area contributed by atoms with Gasteiger partial charge in [-0.25, -0.2) is 0 Å². The van der Waals surface area contributed by atoms with Crippen LogP contribution in [0.2, 0.25) is 0 Å². The van der Waals surface area contributed by atoms with Gasteiger partial charge in [-0.1, -0.05) is 42.5 Å². The lowest BCUT2D eigenvalue weighted by atomic mass is 10.1. The zero-order chi connectivity index (χ0) is 12.8. The summed E-state index contributed by atoms with van der Waals surface area (Å²) in [6.07, 6.45) is 3.34. The number of carbonyl (C=O) groups excluding carboxylic acids is 1. The summed E-state index contributed by atoms with van der Waals surface area (Å²) in [6.45, 7) is 3.99. The highest BCUT2D eigenvalue weighted by molar-refractivity contribution is 5.92. The van der Waals surface area contributed by atoms with Crippen molar-refractivity contribution in [3.05, 3.63) is 67.0 Å². The van der Waals surface area contributed by atoms with Gasteiger partial charge in [0, 0.05) is 18.3 Å². The molecule has 0 saturated heterocycles. The van der Waals surface area contributed by atoms with Gasteiger partial charge in [0.25, 0.3) is 5.91 Å². The molecule has 1 aromatic heterocycles. The molecule has 0 fully saturated rings. The lowest BCUT2D eigenvalue weighted by Gasteiger charge is -2.03. The Hall–Kier alpha value is -2.42. The van der Waals surface area contributed by atoms with Gasteiger partial charge in [0.2, 0.25) is 0 Å². The summed E-state index contributed by atoms with van der Waals surface area (Å²) in [5.74, 6) is -0.186. The number of rotatable bonds is 4. The molecule has 0 aliphatic rings. The molecular weight excluding hydrogens is 224 g/mol. The largest absolute Gasteiger partial charge is 0.347 e. The highest BCUT2D eigenvalue weighted by Gasteiger charge is 2.05. The van der Waals surface area contributed by atoms with Crippen LogP contribution in [0.5, 0.6) is 0 Å². The lowest BCUT2D eigenvalue weighted by Crippen LogP contribution is -2.24. The second-order valence-electron chi connectivity index (χ2n) is 3.80. The van der Waals surface area contributed by atoms with Crippen LogP contribution in [0, 0.1) is 0 Å². The van der Waals surface area contributed by atoms with E-state index in [4.69, 9.17) is 0 Å². The highest BCUT2D eigenvalue weighted by Crippen LogP contribution is 2.17. The van der Waals surface area contributed by atoms with Gasteiger partial charge in [-0.2, -0.15) is 0 Å². The van der Waals surface area contributed by atoms with Gasteiger partial charge in [-0.3, -0.25) is 9.78 Å². The summed E-state index contributed by atoms with van der Waals surface area (Å²) in [7, 11) is 0. The van der Waals surface area contributed by atoms with Crippen molar-refractivity contribution < 1.29 is 4.79 Å². The zero-order valence-corrected chi connectivity index (χ0v) is 9.97. The number of amides is 1. The first-order valence-corrected chi connectivity index (χ1v) is 5.72. The molecule has 1 amide bonds. The third-order valence-electron chi connectivity index (χ3n) is 2.51. The molecule has 3 heteroatoms. The molecule has 0 aliphatic carbocycles. The van der Waals surface area contributed by atoms with E-state index in [0.29, 0.717) is 12.2 Å². The van der Waals surface area contributed by atoms with Crippen LogP contribution >= 0.6 is 0 Å². The minimum Gasteiger partial charge on any atom is -0.347 e. The van der Waals surface area contributed by atoms with Gasteiger partial charge in [-0.05, 0) is 11.6 Å². The Balaban J connectivity index is 2.15. The third-order valence-corrected chi connectivity index (χ3v) is 2.51. The fourth-order valence-electron chi connectivity index (χ4n) is 1.58. The van der Waals surface area contributed by atoms with Crippen molar-refractivity contribution in [3.8, 4) is 11.1 Å². The molecule has 1 heterocycles. The maximum absolute atomic E-state index is 11.6. The number of nitrogens with one attached hydrogen (secondary N) is 1. The molecule has 18 heavy (non-hydrogen) atoms. The molecule has 2 aromatic rings. The normalized spacial score (nSPS) is 9.78. The lowest BCUT2D eigenvalue weighted by molar-refractivity contribution is 0.0953. The van der Waals surface area contributed by atoms with E-state index in [9.17, 15) is 4.79 Å². The van der Waals surface area contributed by atoms with Crippen molar-refractivity contribution >= 4 is 5.91 Å². The number of carbonyl (C=O) groups is 1. The molecule has 0 bridgehead atoms. The van der Waals surface area contributed by atoms with Crippen LogP contribution in [0.25, 0.3) is 11.1 Å². The van der Waals surface area contributed by atoms with Crippen LogP contribution < -0.4 is 5.32 Å². The molecule has 3 nitrogen and oxygen atoms in total. The second kappa shape index (κ2) is 5.77. The van der Waals surface area contributed by atoms with E-state index < -0.39 is 0 Å². The van der Waals surface area contributed by atoms with Crippen molar-refractivity contribution in [2.75, 3.05) is 6.54 Å². The molecule has 0 radical (unpaired) electrons. The maximum atomic E-state index is 11.6. The molecule has 0 atom stereocenters. The predicted molar refractivity (Wildman–Crippen MR) is 72.2 cm³/mol. The first-order chi connectivity index (χ1) is 8.81. The standard InChI is InChI=1S/C15H14N2O/c1-2-10-16-15(18)14-9-8-13(11-17-14)12-6-4-3-5-7-12/h2-9,11H,1,10H2,(H,16,18). The van der Waals surface area contributed by atoms with E-state index in [2.05, 4.69) is 16.9 Å². The third kappa shape index (κ3) is 2.83. The van der Waals surface area contributed by atoms with Crippen molar-refractivity contribution in [1.29, 1.82) is 0 Å². The Morgan fingerprint density at radius 2 is 1.94 bits per heavy atom. The van der Waals surface area contributed by atoms with E-state index >= 15 is 0 Å². The Bertz CT molecular complexity index is 532. The van der Waals surface area contributed by atoms with E-state index in [1.807, 2.05) is 36.4 Å². The van der Waals surface area contributed by atoms with Crippen LogP contribution in [-0.2, 0) is 0 Å². The van der Waals surface area contributed by atoms with Gasteiger partial charge in [-0.15, -0.1) is 6.58 Å². The van der Waals surface area contributed by atoms with Crippen molar-refractivity contribution in [3.63, 3.8) is 0 Å². The first-order valence-electron chi connectivity index (χ1n) is 5.72. The van der Waals surface area contributed by atoms with Crippen LogP contribution in [-0.4, -0.2) is 17.4 Å². The molecule has 2 rings (SSSR count). The summed E-state index contributed by atoms with van der Waals surface area (Å²) in [4.78, 5) is 15.8. The number of hydrogen-bond donors (Lipinski definition) is 1. The zero-order valence-electron chi connectivity index (χ0n) is 9.97. The molecular formula is C15H14N2O. The van der Waals surface area contributed by atoms with E-state index in [1.54, 1.807) is 18.3 Å². The van der Waals surface area contributed by atoms with Crippen molar-refractivity contribution in [2.45, 2.75) is 0 Å². The molecule has 1 N–H and O–H groups in total. The molecule has 1 aromatic carbocycles. The minimum atomic E-state index is -0.186. The summed E-state index contributed by atoms with van der Waals surface area (Å²) in [5.41, 5.74) is 2.50. The number of nitrogens with zero attached hydrogens (tertiary/aromatic N) is 1. The highest BCUT2D eigenvalue weighted by atomic mass is 16.1. The van der Waals surface area contributed by atoms with Gasteiger partial charge < -0.3 is 5.32 Å². The first kappa shape index (κ1) is 12.0. The topological polar surface area (TPSA) is 42.0 Å². The van der Waals surface area contributed by atoms with Crippen LogP contribution in [0.3, 0.4) is 0 Å². The van der Waals surface area contributed by atoms with E-state index in [1.165, 1.54) is 0 Å². The number of pyridine rings is 1. The molecule has 0 aliphatic heterocycles. The quantitative estimate of drug-likeness (QED) is 0.832. The van der Waals surface area contributed by atoms with E-state index in [-0.39, 0.29) is 5.91 Å². The maximum Gasteiger partial charge on any atom is 0.270 e. The van der Waals surface area contributed by atoms with Crippen LogP contribution in [0.4, 0.5) is 0 Å². The summed E-state index contributed by atoms with van der Waals surface area (Å²) in [5, 5.41) is 2.69. The summed E-state index contributed by atoms with van der Waals surface area (Å²) >= 11 is 0. The van der Waals surface area contributed by atoms with Gasteiger partial charge in [0.05, 0.1) is 0 Å². The van der Waals surface area contributed by atoms with Gasteiger partial charge in [0.1, 0.15) is 5.69 Å². The SMILES string of the molecule is C=CCNC(=O)c1ccc(-c2ccccc2)cn1. The Morgan fingerprint density at radius 3 is 2.56 bits per heavy atom. The molecule has 0 spiro atoms. The Labute approximate surface area is 106 Å². The molecule has 0 saturated carbocycles. The smallest absolute Gasteiger partial charge is 0.270 e. The fraction of sp³-hybridized carbons (Fsp3) is 0.0667. The Morgan fingerprint density at radius 1 is 1.17 bits per heavy atom. The monoisotopic (exact) mass is 238 g/mol. The van der Waals surface area contributed by atoms with Crippen LogP contribution in [0.15, 0.2) is 61.3 Å². The minimum absolute atomic E-state index is 0.186. The van der Waals surface area contributed by atoms with Gasteiger partial charge in [0.15, 0.2) is 0 Å². The van der Waals surface area contributed by atoms with Crippen molar-refractivity contribution in [1.82, 2.24) is 10.3 Å². The molecule has 0 unspecified atom stereocenters. The second-order valence-corrected chi connectivity index (χ2v) is 3.80. The van der Waals surface area contributed by atoms with Crippen LogP contribution in [0.1, 0.15) is 10.5 Å². The average Bonchev–Trinajstić information content (AvgIpc) is 2.46. The number of benzene rings is 1. The number of hydrogen-bond acceptors (Lipinski definition) is 2. The number of aromatic nitrogens is 1. The van der Waals surface area contributed by atoms with E-state index in [0.717, 1.165) is 11.1 Å². The summed E-state index contributed by atoms with van der Waals surface area (Å²) < 4.78 is 0. The fourth-order valence-corrected chi connectivity index (χ4v) is 1.58.